The summed E-state index contributed by atoms with van der Waals surface area (Å²) in [4.78, 5) is 22.0. The van der Waals surface area contributed by atoms with Gasteiger partial charge in [0.15, 0.2) is 11.5 Å². The highest BCUT2D eigenvalue weighted by Gasteiger charge is 2.07. The first kappa shape index (κ1) is 19.6. The number of nitrogens with zero attached hydrogens (tertiary/aromatic N) is 2. The summed E-state index contributed by atoms with van der Waals surface area (Å²) in [7, 11) is 3.08. The molecule has 0 atom stereocenters. The van der Waals surface area contributed by atoms with Crippen LogP contribution < -0.4 is 14.9 Å². The topological polar surface area (TPSA) is 103 Å². The fourth-order valence-corrected chi connectivity index (χ4v) is 2.23. The fourth-order valence-electron chi connectivity index (χ4n) is 2.23. The molecule has 27 heavy (non-hydrogen) atoms. The normalized spacial score (nSPS) is 10.9. The van der Waals surface area contributed by atoms with E-state index in [4.69, 9.17) is 9.47 Å². The maximum atomic E-state index is 11.9. The Morgan fingerprint density at radius 2 is 1.85 bits per heavy atom. The molecule has 8 nitrogen and oxygen atoms in total. The van der Waals surface area contributed by atoms with Crippen molar-refractivity contribution < 1.29 is 19.2 Å². The van der Waals surface area contributed by atoms with Gasteiger partial charge < -0.3 is 9.47 Å². The summed E-state index contributed by atoms with van der Waals surface area (Å²) < 4.78 is 10.4. The molecule has 0 unspecified atom stereocenters. The van der Waals surface area contributed by atoms with Crippen LogP contribution in [-0.4, -0.2) is 31.3 Å². The van der Waals surface area contributed by atoms with Crippen LogP contribution in [0.15, 0.2) is 53.6 Å². The van der Waals surface area contributed by atoms with Gasteiger partial charge in [-0.2, -0.15) is 5.10 Å². The highest BCUT2D eigenvalue weighted by molar-refractivity contribution is 5.82. The molecule has 0 radical (unpaired) electrons. The van der Waals surface area contributed by atoms with E-state index < -0.39 is 4.92 Å². The molecule has 140 valence electrons. The predicted molar refractivity (Wildman–Crippen MR) is 102 cm³/mol. The zero-order valence-corrected chi connectivity index (χ0v) is 14.9. The number of carbonyl (C=O) groups is 1. The predicted octanol–water partition coefficient (Wildman–Crippen LogP) is 2.97. The third-order valence-electron chi connectivity index (χ3n) is 3.56. The molecule has 1 amide bonds. The number of ether oxygens (including phenoxy) is 2. The van der Waals surface area contributed by atoms with Crippen LogP contribution in [0.2, 0.25) is 0 Å². The molecular weight excluding hydrogens is 350 g/mol. The monoisotopic (exact) mass is 369 g/mol. The van der Waals surface area contributed by atoms with Gasteiger partial charge in [-0.1, -0.05) is 12.1 Å². The maximum absolute atomic E-state index is 11.9. The summed E-state index contributed by atoms with van der Waals surface area (Å²) in [5.41, 5.74) is 4.00. The van der Waals surface area contributed by atoms with Crippen molar-refractivity contribution in [1.29, 1.82) is 0 Å². The largest absolute Gasteiger partial charge is 0.493 e. The first-order chi connectivity index (χ1) is 13.0. The van der Waals surface area contributed by atoms with Crippen molar-refractivity contribution in [3.8, 4) is 11.5 Å². The molecule has 0 aliphatic rings. The second-order valence-corrected chi connectivity index (χ2v) is 5.39. The van der Waals surface area contributed by atoms with Crippen LogP contribution in [0.5, 0.6) is 11.5 Å². The minimum absolute atomic E-state index is 0.0308. The number of methoxy groups -OCH3 is 2. The smallest absolute Gasteiger partial charge is 0.269 e. The van der Waals surface area contributed by atoms with Gasteiger partial charge in [0, 0.05) is 18.3 Å². The van der Waals surface area contributed by atoms with Gasteiger partial charge in [-0.05, 0) is 41.5 Å². The number of nitrogens with one attached hydrogen (secondary N) is 1. The molecule has 8 heteroatoms. The number of carbonyl (C=O) groups excluding carboxylic acids is 1. The van der Waals surface area contributed by atoms with E-state index in [0.717, 1.165) is 11.1 Å². The highest BCUT2D eigenvalue weighted by atomic mass is 16.6. The second-order valence-electron chi connectivity index (χ2n) is 5.39. The first-order valence-electron chi connectivity index (χ1n) is 7.97. The molecule has 0 aliphatic heterocycles. The average Bonchev–Trinajstić information content (AvgIpc) is 2.68. The molecule has 0 aliphatic carbocycles. The highest BCUT2D eigenvalue weighted by Crippen LogP contribution is 2.27. The third kappa shape index (κ3) is 5.96. The molecule has 0 saturated carbocycles. The number of rotatable bonds is 8. The van der Waals surface area contributed by atoms with Gasteiger partial charge in [0.25, 0.3) is 5.69 Å². The first-order valence-corrected chi connectivity index (χ1v) is 7.97. The lowest BCUT2D eigenvalue weighted by molar-refractivity contribution is -0.384. The fraction of sp³-hybridized carbons (Fsp3) is 0.158. The Morgan fingerprint density at radius 1 is 1.15 bits per heavy atom. The molecule has 0 fully saturated rings. The molecule has 0 spiro atoms. The Bertz CT molecular complexity index is 860. The SMILES string of the molecule is COc1ccc(CC(=O)NN=CC=Cc2ccc([N+](=O)[O-])cc2)cc1OC. The standard InChI is InChI=1S/C19H19N3O5/c1-26-17-10-7-15(12-18(17)27-2)13-19(23)21-20-11-3-4-14-5-8-16(9-6-14)22(24)25/h3-12H,13H2,1-2H3,(H,21,23). The number of hydrogen-bond acceptors (Lipinski definition) is 6. The Labute approximate surface area is 156 Å². The number of benzene rings is 2. The molecule has 2 aromatic carbocycles. The number of allylic oxidation sites excluding steroid dienone is 1. The van der Waals surface area contributed by atoms with Gasteiger partial charge in [0.1, 0.15) is 0 Å². The molecule has 1 N–H and O–H groups in total. The second kappa shape index (κ2) is 9.71. The van der Waals surface area contributed by atoms with Crippen molar-refractivity contribution in [1.82, 2.24) is 5.43 Å². The summed E-state index contributed by atoms with van der Waals surface area (Å²) in [6.45, 7) is 0. The summed E-state index contributed by atoms with van der Waals surface area (Å²) in [5, 5.41) is 14.4. The van der Waals surface area contributed by atoms with Crippen LogP contribution in [0.3, 0.4) is 0 Å². The number of nitro benzene ring substituents is 1. The molecule has 0 bridgehead atoms. The van der Waals surface area contributed by atoms with E-state index in [1.165, 1.54) is 25.5 Å². The van der Waals surface area contributed by atoms with Crippen molar-refractivity contribution in [2.45, 2.75) is 6.42 Å². The van der Waals surface area contributed by atoms with E-state index in [0.29, 0.717) is 11.5 Å². The van der Waals surface area contributed by atoms with Crippen LogP contribution in [0.4, 0.5) is 5.69 Å². The lowest BCUT2D eigenvalue weighted by Crippen LogP contribution is -2.19. The minimum Gasteiger partial charge on any atom is -0.493 e. The van der Waals surface area contributed by atoms with Crippen LogP contribution in [-0.2, 0) is 11.2 Å². The maximum Gasteiger partial charge on any atom is 0.269 e. The summed E-state index contributed by atoms with van der Waals surface area (Å²) in [5.74, 6) is 0.871. The Balaban J connectivity index is 1.85. The van der Waals surface area contributed by atoms with Crippen LogP contribution in [0.25, 0.3) is 6.08 Å². The van der Waals surface area contributed by atoms with Gasteiger partial charge in [0.05, 0.1) is 25.6 Å². The number of amides is 1. The Hall–Kier alpha value is -3.68. The van der Waals surface area contributed by atoms with E-state index in [2.05, 4.69) is 10.5 Å². The molecule has 2 rings (SSSR count). The molecule has 2 aromatic rings. The van der Waals surface area contributed by atoms with Crippen molar-refractivity contribution in [2.24, 2.45) is 5.10 Å². The summed E-state index contributed by atoms with van der Waals surface area (Å²) >= 11 is 0. The van der Waals surface area contributed by atoms with Crippen molar-refractivity contribution in [3.63, 3.8) is 0 Å². The summed E-state index contributed by atoms with van der Waals surface area (Å²) in [6.07, 6.45) is 4.91. The van der Waals surface area contributed by atoms with E-state index in [1.807, 2.05) is 0 Å². The number of nitro groups is 1. The van der Waals surface area contributed by atoms with E-state index in [9.17, 15) is 14.9 Å². The Kier molecular flexibility index (Phi) is 7.07. The van der Waals surface area contributed by atoms with E-state index >= 15 is 0 Å². The average molecular weight is 369 g/mol. The van der Waals surface area contributed by atoms with Gasteiger partial charge in [0.2, 0.25) is 5.91 Å². The van der Waals surface area contributed by atoms with Gasteiger partial charge >= 0.3 is 0 Å². The third-order valence-corrected chi connectivity index (χ3v) is 3.56. The number of hydrazone groups is 1. The lowest BCUT2D eigenvalue weighted by atomic mass is 10.1. The Morgan fingerprint density at radius 3 is 2.48 bits per heavy atom. The minimum atomic E-state index is -0.455. The van der Waals surface area contributed by atoms with Crippen molar-refractivity contribution in [2.75, 3.05) is 14.2 Å². The number of hydrogen-bond donors (Lipinski definition) is 1. The molecular formula is C19H19N3O5. The van der Waals surface area contributed by atoms with E-state index in [1.54, 1.807) is 49.6 Å². The molecule has 0 saturated heterocycles. The molecule has 0 heterocycles. The van der Waals surface area contributed by atoms with Crippen molar-refractivity contribution >= 4 is 23.9 Å². The zero-order chi connectivity index (χ0) is 19.6. The summed E-state index contributed by atoms with van der Waals surface area (Å²) in [6, 6.07) is 11.3. The van der Waals surface area contributed by atoms with Crippen molar-refractivity contribution in [3.05, 3.63) is 69.8 Å². The number of non-ortho nitro benzene ring substituents is 1. The van der Waals surface area contributed by atoms with Gasteiger partial charge in [-0.25, -0.2) is 5.43 Å². The quantitative estimate of drug-likeness (QED) is 0.438. The van der Waals surface area contributed by atoms with E-state index in [-0.39, 0.29) is 18.0 Å². The molecule has 0 aromatic heterocycles. The van der Waals surface area contributed by atoms with Crippen LogP contribution in [0, 0.1) is 10.1 Å². The van der Waals surface area contributed by atoms with Gasteiger partial charge in [-0.3, -0.25) is 14.9 Å². The lowest BCUT2D eigenvalue weighted by Gasteiger charge is -2.08. The van der Waals surface area contributed by atoms with Crippen LogP contribution >= 0.6 is 0 Å². The zero-order valence-electron chi connectivity index (χ0n) is 14.9. The van der Waals surface area contributed by atoms with Crippen LogP contribution in [0.1, 0.15) is 11.1 Å². The van der Waals surface area contributed by atoms with Gasteiger partial charge in [-0.15, -0.1) is 0 Å².